The van der Waals surface area contributed by atoms with E-state index < -0.39 is 12.2 Å². The minimum Gasteiger partial charge on any atom is -0.396 e. The van der Waals surface area contributed by atoms with Gasteiger partial charge in [-0.05, 0) is 6.42 Å². The van der Waals surface area contributed by atoms with Crippen LogP contribution in [0.25, 0.3) is 22.3 Å². The second-order valence-electron chi connectivity index (χ2n) is 7.91. The molecule has 188 valence electrons. The molecule has 16 heteroatoms. The molecule has 0 spiro atoms. The van der Waals surface area contributed by atoms with Crippen molar-refractivity contribution in [2.24, 2.45) is 5.92 Å². The monoisotopic (exact) mass is 490 g/mol. The van der Waals surface area contributed by atoms with Gasteiger partial charge in [0.25, 0.3) is 5.56 Å². The highest BCUT2D eigenvalue weighted by Gasteiger charge is 2.42. The summed E-state index contributed by atoms with van der Waals surface area (Å²) in [6, 6.07) is -0.383. The van der Waals surface area contributed by atoms with Gasteiger partial charge in [-0.3, -0.25) is 14.3 Å². The van der Waals surface area contributed by atoms with Crippen molar-refractivity contribution in [3.63, 3.8) is 0 Å². The lowest BCUT2D eigenvalue weighted by Gasteiger charge is -2.18. The Hall–Kier alpha value is -3.70. The molecule has 4 heterocycles. The summed E-state index contributed by atoms with van der Waals surface area (Å²) in [4.78, 5) is 33.7. The van der Waals surface area contributed by atoms with Crippen LogP contribution < -0.4 is 17.0 Å². The SMILES string of the molecule is Nc1nc2c(ncn2COCCO)c(=O)[nH]1.Nc1ncnc2c1ncn2[C@@H]1C[C@H](CO)[C@@H](O)[C@@H]1O. The van der Waals surface area contributed by atoms with Crippen molar-refractivity contribution >= 4 is 34.1 Å². The van der Waals surface area contributed by atoms with Crippen LogP contribution in [0.5, 0.6) is 0 Å². The molecule has 1 aliphatic rings. The summed E-state index contributed by atoms with van der Waals surface area (Å²) in [6.07, 6.45) is 2.82. The standard InChI is InChI=1S/C11H15N5O3.C8H11N5O3/c12-10-7-11(14-3-13-10)16(4-15-7)6-1-5(2-17)8(18)9(6)19;9-8-11-6-5(7(15)12-8)10-3-13(6)4-16-2-1-14/h3-6,8-9,17-19H,1-2H2,(H2,12,13,14);3,14H,1-2,4H2,(H3,9,11,12,15)/t5-,6-,8-,9-;/m1./s1. The summed E-state index contributed by atoms with van der Waals surface area (Å²) in [5.41, 5.74) is 12.3. The Morgan fingerprint density at radius 3 is 2.54 bits per heavy atom. The van der Waals surface area contributed by atoms with E-state index in [9.17, 15) is 20.1 Å². The van der Waals surface area contributed by atoms with Crippen LogP contribution in [0, 0.1) is 5.92 Å². The molecule has 0 unspecified atom stereocenters. The van der Waals surface area contributed by atoms with Crippen molar-refractivity contribution in [2.45, 2.75) is 31.4 Å². The van der Waals surface area contributed by atoms with E-state index in [0.717, 1.165) is 0 Å². The van der Waals surface area contributed by atoms with Gasteiger partial charge >= 0.3 is 0 Å². The zero-order valence-corrected chi connectivity index (χ0v) is 18.5. The van der Waals surface area contributed by atoms with E-state index >= 15 is 0 Å². The van der Waals surface area contributed by atoms with Crippen molar-refractivity contribution in [3.8, 4) is 0 Å². The molecule has 0 aliphatic heterocycles. The molecule has 5 rings (SSSR count). The van der Waals surface area contributed by atoms with Gasteiger partial charge in [0.15, 0.2) is 22.6 Å². The van der Waals surface area contributed by atoms with E-state index in [1.165, 1.54) is 23.5 Å². The lowest BCUT2D eigenvalue weighted by Crippen LogP contribution is -2.30. The number of aromatic nitrogens is 8. The Kier molecular flexibility index (Phi) is 7.17. The zero-order chi connectivity index (χ0) is 25.1. The molecule has 16 nitrogen and oxygen atoms in total. The molecule has 4 atom stereocenters. The highest BCUT2D eigenvalue weighted by molar-refractivity contribution is 5.81. The van der Waals surface area contributed by atoms with E-state index in [-0.39, 0.29) is 61.4 Å². The van der Waals surface area contributed by atoms with E-state index in [2.05, 4.69) is 29.9 Å². The molecule has 0 amide bonds. The van der Waals surface area contributed by atoms with Gasteiger partial charge in [-0.1, -0.05) is 0 Å². The highest BCUT2D eigenvalue weighted by Crippen LogP contribution is 2.36. The van der Waals surface area contributed by atoms with Crippen molar-refractivity contribution < 1.29 is 25.2 Å². The summed E-state index contributed by atoms with van der Waals surface area (Å²) < 4.78 is 8.31. The van der Waals surface area contributed by atoms with Crippen molar-refractivity contribution in [2.75, 3.05) is 31.3 Å². The van der Waals surface area contributed by atoms with Gasteiger partial charge in [0.2, 0.25) is 5.95 Å². The summed E-state index contributed by atoms with van der Waals surface area (Å²) in [6.45, 7) is 0.132. The molecule has 1 saturated carbocycles. The van der Waals surface area contributed by atoms with Gasteiger partial charge in [0.05, 0.1) is 38.0 Å². The Morgan fingerprint density at radius 1 is 1.06 bits per heavy atom. The van der Waals surface area contributed by atoms with Gasteiger partial charge in [-0.2, -0.15) is 4.98 Å². The fourth-order valence-corrected chi connectivity index (χ4v) is 3.96. The Labute approximate surface area is 196 Å². The molecule has 4 aromatic rings. The van der Waals surface area contributed by atoms with E-state index in [4.69, 9.17) is 21.3 Å². The summed E-state index contributed by atoms with van der Waals surface area (Å²) in [5.74, 6) is -0.0477. The molecule has 9 N–H and O–H groups in total. The van der Waals surface area contributed by atoms with Crippen LogP contribution in [0.15, 0.2) is 23.8 Å². The number of nitrogens with one attached hydrogen (secondary N) is 1. The smallest absolute Gasteiger partial charge is 0.280 e. The molecular weight excluding hydrogens is 464 g/mol. The normalized spacial score (nSPS) is 21.9. The number of H-pyrrole nitrogens is 1. The van der Waals surface area contributed by atoms with Gasteiger partial charge in [-0.25, -0.2) is 19.9 Å². The van der Waals surface area contributed by atoms with Crippen LogP contribution in [0.2, 0.25) is 0 Å². The molecule has 1 aliphatic carbocycles. The largest absolute Gasteiger partial charge is 0.396 e. The zero-order valence-electron chi connectivity index (χ0n) is 18.5. The Balaban J connectivity index is 0.000000168. The van der Waals surface area contributed by atoms with Crippen LogP contribution in [-0.4, -0.2) is 91.5 Å². The number of aliphatic hydroxyl groups excluding tert-OH is 4. The lowest BCUT2D eigenvalue weighted by molar-refractivity contribution is -0.00370. The Morgan fingerprint density at radius 2 is 1.83 bits per heavy atom. The molecule has 4 aromatic heterocycles. The first-order chi connectivity index (χ1) is 16.8. The van der Waals surface area contributed by atoms with Gasteiger partial charge < -0.3 is 41.2 Å². The second kappa shape index (κ2) is 10.3. The average molecular weight is 490 g/mol. The number of rotatable bonds is 6. The maximum atomic E-state index is 11.4. The van der Waals surface area contributed by atoms with Crippen LogP contribution in [-0.2, 0) is 11.5 Å². The number of aliphatic hydroxyl groups is 4. The number of ether oxygens (including phenoxy) is 1. The maximum absolute atomic E-state index is 11.4. The lowest BCUT2D eigenvalue weighted by atomic mass is 10.1. The van der Waals surface area contributed by atoms with Crippen LogP contribution in [0.1, 0.15) is 12.5 Å². The van der Waals surface area contributed by atoms with Gasteiger partial charge in [0, 0.05) is 12.5 Å². The predicted octanol–water partition coefficient (Wildman–Crippen LogP) is -2.65. The third-order valence-corrected chi connectivity index (χ3v) is 5.71. The fraction of sp³-hybridized carbons (Fsp3) is 0.474. The first kappa shape index (κ1) is 24.4. The fourth-order valence-electron chi connectivity index (χ4n) is 3.96. The molecular formula is C19H26N10O6. The van der Waals surface area contributed by atoms with Crippen LogP contribution in [0.3, 0.4) is 0 Å². The van der Waals surface area contributed by atoms with E-state index in [1.807, 2.05) is 0 Å². The number of nitrogens with zero attached hydrogens (tertiary/aromatic N) is 7. The summed E-state index contributed by atoms with van der Waals surface area (Å²) in [7, 11) is 0. The minimum atomic E-state index is -0.967. The van der Waals surface area contributed by atoms with E-state index in [0.29, 0.717) is 23.2 Å². The van der Waals surface area contributed by atoms with Crippen LogP contribution in [0.4, 0.5) is 11.8 Å². The average Bonchev–Trinajstić information content (AvgIpc) is 3.52. The topological polar surface area (TPSA) is 249 Å². The number of imidazole rings is 2. The third-order valence-electron chi connectivity index (χ3n) is 5.71. The predicted molar refractivity (Wildman–Crippen MR) is 122 cm³/mol. The number of aromatic amines is 1. The van der Waals surface area contributed by atoms with Crippen molar-refractivity contribution in [3.05, 3.63) is 29.3 Å². The van der Waals surface area contributed by atoms with Crippen molar-refractivity contribution in [1.82, 2.24) is 39.0 Å². The van der Waals surface area contributed by atoms with Gasteiger partial charge in [0.1, 0.15) is 24.7 Å². The first-order valence-corrected chi connectivity index (χ1v) is 10.6. The summed E-state index contributed by atoms with van der Waals surface area (Å²) in [5, 5.41) is 37.7. The maximum Gasteiger partial charge on any atom is 0.280 e. The summed E-state index contributed by atoms with van der Waals surface area (Å²) >= 11 is 0. The Bertz CT molecular complexity index is 1350. The molecule has 0 aromatic carbocycles. The van der Waals surface area contributed by atoms with Crippen molar-refractivity contribution in [1.29, 1.82) is 0 Å². The molecule has 0 saturated heterocycles. The highest BCUT2D eigenvalue weighted by atomic mass is 16.5. The number of fused-ring (bicyclic) bond motifs is 2. The number of anilines is 2. The first-order valence-electron chi connectivity index (χ1n) is 10.6. The molecule has 35 heavy (non-hydrogen) atoms. The number of nitrogen functional groups attached to an aromatic ring is 2. The minimum absolute atomic E-state index is 0.0291. The van der Waals surface area contributed by atoms with Gasteiger partial charge in [-0.15, -0.1) is 0 Å². The number of hydrogen-bond donors (Lipinski definition) is 7. The van der Waals surface area contributed by atoms with E-state index in [1.54, 1.807) is 4.57 Å². The third kappa shape index (κ3) is 4.77. The number of hydrogen-bond acceptors (Lipinski definition) is 13. The molecule has 1 fully saturated rings. The molecule has 0 radical (unpaired) electrons. The second-order valence-corrected chi connectivity index (χ2v) is 7.91. The number of nitrogens with two attached hydrogens (primary N) is 2. The quantitative estimate of drug-likeness (QED) is 0.137. The van der Waals surface area contributed by atoms with Crippen LogP contribution >= 0.6 is 0 Å². The molecule has 0 bridgehead atoms.